The Morgan fingerprint density at radius 3 is 2.69 bits per heavy atom. The second kappa shape index (κ2) is 6.19. The van der Waals surface area contributed by atoms with Crippen molar-refractivity contribution < 1.29 is 19.4 Å². The number of hydrogen-bond acceptors (Lipinski definition) is 4. The third kappa shape index (κ3) is 2.54. The molecule has 2 aromatic rings. The molecule has 2 bridgehead atoms. The summed E-state index contributed by atoms with van der Waals surface area (Å²) in [5, 5.41) is 12.6. The molecule has 1 N–H and O–H groups in total. The fourth-order valence-corrected chi connectivity index (χ4v) is 4.82. The van der Waals surface area contributed by atoms with Crippen LogP contribution in [0.4, 0.5) is 4.79 Å². The molecule has 4 nitrogen and oxygen atoms in total. The predicted octanol–water partition coefficient (Wildman–Crippen LogP) is 5.64. The molecule has 4 heteroatoms. The van der Waals surface area contributed by atoms with Gasteiger partial charge in [0, 0.05) is 21.9 Å². The van der Waals surface area contributed by atoms with Gasteiger partial charge >= 0.3 is 6.16 Å². The highest BCUT2D eigenvalue weighted by atomic mass is 16.7. The van der Waals surface area contributed by atoms with Crippen LogP contribution in [0.25, 0.3) is 10.8 Å². The Kier molecular flexibility index (Phi) is 4.09. The topological polar surface area (TPSA) is 55.8 Å². The average Bonchev–Trinajstić information content (AvgIpc) is 3.14. The van der Waals surface area contributed by atoms with E-state index in [0.717, 1.165) is 46.7 Å². The maximum absolute atomic E-state index is 12.3. The first-order valence-electron chi connectivity index (χ1n) is 9.60. The number of carbonyl (C=O) groups is 1. The summed E-state index contributed by atoms with van der Waals surface area (Å²) in [4.78, 5) is 12.3. The molecule has 4 rings (SSSR count). The number of benzene rings is 2. The summed E-state index contributed by atoms with van der Waals surface area (Å²) in [7, 11) is 0. The molecule has 1 saturated carbocycles. The molecule has 0 aliphatic heterocycles. The molecule has 0 radical (unpaired) electrons. The van der Waals surface area contributed by atoms with E-state index in [9.17, 15) is 9.90 Å². The maximum Gasteiger partial charge on any atom is 0.514 e. The zero-order valence-corrected chi connectivity index (χ0v) is 15.8. The minimum Gasteiger partial charge on any atom is -0.507 e. The van der Waals surface area contributed by atoms with E-state index in [1.54, 1.807) is 13.8 Å². The van der Waals surface area contributed by atoms with Gasteiger partial charge in [-0.3, -0.25) is 0 Å². The molecule has 2 aliphatic rings. The van der Waals surface area contributed by atoms with Crippen molar-refractivity contribution in [1.29, 1.82) is 0 Å². The second-order valence-electron chi connectivity index (χ2n) is 8.01. The standard InChI is InChI=1S/C22H26O4/c1-5-13-6-7-15-17(9-13)21(26-22(24)25-11(2)3)18-14-8-12(4)16(10-14)19(18)20(15)23/h6-7,9,11-12,14,16,23H,5,8,10H2,1-4H3. The summed E-state index contributed by atoms with van der Waals surface area (Å²) < 4.78 is 11.0. The smallest absolute Gasteiger partial charge is 0.507 e. The molecule has 0 spiro atoms. The van der Waals surface area contributed by atoms with Crippen molar-refractivity contribution in [2.24, 2.45) is 5.92 Å². The fraction of sp³-hybridized carbons (Fsp3) is 0.500. The summed E-state index contributed by atoms with van der Waals surface area (Å²) >= 11 is 0. The van der Waals surface area contributed by atoms with Crippen LogP contribution in [-0.2, 0) is 11.2 Å². The highest BCUT2D eigenvalue weighted by Crippen LogP contribution is 2.62. The lowest BCUT2D eigenvalue weighted by Crippen LogP contribution is -2.18. The first kappa shape index (κ1) is 17.2. The fourth-order valence-electron chi connectivity index (χ4n) is 4.82. The van der Waals surface area contributed by atoms with Crippen LogP contribution >= 0.6 is 0 Å². The van der Waals surface area contributed by atoms with Gasteiger partial charge in [-0.15, -0.1) is 0 Å². The Morgan fingerprint density at radius 1 is 1.23 bits per heavy atom. The summed E-state index contributed by atoms with van der Waals surface area (Å²) in [5.74, 6) is 2.18. The largest absolute Gasteiger partial charge is 0.514 e. The van der Waals surface area contributed by atoms with Gasteiger partial charge in [0.05, 0.1) is 6.10 Å². The van der Waals surface area contributed by atoms with Gasteiger partial charge in [-0.1, -0.05) is 26.0 Å². The molecule has 3 unspecified atom stereocenters. The van der Waals surface area contributed by atoms with Crippen molar-refractivity contribution >= 4 is 16.9 Å². The third-order valence-corrected chi connectivity index (χ3v) is 5.96. The number of fused-ring (bicyclic) bond motifs is 6. The lowest BCUT2D eigenvalue weighted by atomic mass is 9.81. The summed E-state index contributed by atoms with van der Waals surface area (Å²) in [6, 6.07) is 6.01. The monoisotopic (exact) mass is 354 g/mol. The van der Waals surface area contributed by atoms with Crippen molar-refractivity contribution in [1.82, 2.24) is 0 Å². The van der Waals surface area contributed by atoms with E-state index in [0.29, 0.717) is 29.3 Å². The van der Waals surface area contributed by atoms with Gasteiger partial charge in [-0.2, -0.15) is 0 Å². The highest BCUT2D eigenvalue weighted by Gasteiger charge is 2.46. The van der Waals surface area contributed by atoms with Crippen molar-refractivity contribution in [2.45, 2.75) is 64.9 Å². The Hall–Kier alpha value is -2.23. The lowest BCUT2D eigenvalue weighted by Gasteiger charge is -2.26. The van der Waals surface area contributed by atoms with E-state index in [4.69, 9.17) is 9.47 Å². The number of rotatable bonds is 3. The Labute approximate surface area is 154 Å². The van der Waals surface area contributed by atoms with Crippen molar-refractivity contribution in [3.05, 3.63) is 34.9 Å². The van der Waals surface area contributed by atoms with Crippen LogP contribution in [0.2, 0.25) is 0 Å². The van der Waals surface area contributed by atoms with E-state index >= 15 is 0 Å². The molecule has 0 aromatic heterocycles. The SMILES string of the molecule is CCc1ccc2c(O)c3c(c(OC(=O)OC(C)C)c2c1)C1CC(C)C3C1. The van der Waals surface area contributed by atoms with Crippen molar-refractivity contribution in [3.63, 3.8) is 0 Å². The summed E-state index contributed by atoms with van der Waals surface area (Å²) in [6.07, 6.45) is 2.07. The normalized spacial score (nSPS) is 23.5. The molecular weight excluding hydrogens is 328 g/mol. The first-order chi connectivity index (χ1) is 12.4. The molecule has 0 heterocycles. The van der Waals surface area contributed by atoms with E-state index in [-0.39, 0.29) is 6.10 Å². The second-order valence-corrected chi connectivity index (χ2v) is 8.01. The number of aromatic hydroxyl groups is 1. The van der Waals surface area contributed by atoms with Crippen molar-refractivity contribution in [3.8, 4) is 11.5 Å². The molecule has 26 heavy (non-hydrogen) atoms. The van der Waals surface area contributed by atoms with E-state index in [1.165, 1.54) is 0 Å². The van der Waals surface area contributed by atoms with Gasteiger partial charge in [0.2, 0.25) is 0 Å². The third-order valence-electron chi connectivity index (χ3n) is 5.96. The molecule has 1 fully saturated rings. The van der Waals surface area contributed by atoms with Gasteiger partial charge in [-0.05, 0) is 62.5 Å². The average molecular weight is 354 g/mol. The van der Waals surface area contributed by atoms with Crippen LogP contribution in [0.1, 0.15) is 69.1 Å². The zero-order valence-electron chi connectivity index (χ0n) is 15.8. The van der Waals surface area contributed by atoms with Gasteiger partial charge in [-0.25, -0.2) is 4.79 Å². The van der Waals surface area contributed by atoms with Crippen LogP contribution in [0.15, 0.2) is 18.2 Å². The van der Waals surface area contributed by atoms with Crippen LogP contribution in [0.3, 0.4) is 0 Å². The number of phenolic OH excluding ortho intramolecular Hbond substituents is 1. The summed E-state index contributed by atoms with van der Waals surface area (Å²) in [6.45, 7) is 7.94. The molecule has 2 aromatic carbocycles. The number of phenols is 1. The minimum atomic E-state index is -0.674. The van der Waals surface area contributed by atoms with Gasteiger partial charge < -0.3 is 14.6 Å². The van der Waals surface area contributed by atoms with E-state index in [2.05, 4.69) is 13.8 Å². The Morgan fingerprint density at radius 2 is 2.00 bits per heavy atom. The first-order valence-corrected chi connectivity index (χ1v) is 9.60. The van der Waals surface area contributed by atoms with E-state index in [1.807, 2.05) is 18.2 Å². The van der Waals surface area contributed by atoms with Crippen LogP contribution in [-0.4, -0.2) is 17.4 Å². The molecular formula is C22H26O4. The molecule has 0 saturated heterocycles. The molecule has 2 aliphatic carbocycles. The molecule has 0 amide bonds. The van der Waals surface area contributed by atoms with Crippen molar-refractivity contribution in [2.75, 3.05) is 0 Å². The number of carbonyl (C=O) groups excluding carboxylic acids is 1. The molecule has 138 valence electrons. The van der Waals surface area contributed by atoms with E-state index < -0.39 is 6.16 Å². The van der Waals surface area contributed by atoms with Crippen LogP contribution in [0, 0.1) is 5.92 Å². The van der Waals surface area contributed by atoms with Crippen LogP contribution in [0.5, 0.6) is 11.5 Å². The summed E-state index contributed by atoms with van der Waals surface area (Å²) in [5.41, 5.74) is 3.15. The highest BCUT2D eigenvalue weighted by molar-refractivity contribution is 5.98. The Balaban J connectivity index is 1.94. The zero-order chi connectivity index (χ0) is 18.6. The number of aryl methyl sites for hydroxylation is 1. The Bertz CT molecular complexity index is 884. The quantitative estimate of drug-likeness (QED) is 0.572. The predicted molar refractivity (Wildman–Crippen MR) is 101 cm³/mol. The van der Waals surface area contributed by atoms with Gasteiger partial charge in [0.15, 0.2) is 0 Å². The van der Waals surface area contributed by atoms with Gasteiger partial charge in [0.25, 0.3) is 0 Å². The minimum absolute atomic E-state index is 0.235. The van der Waals surface area contributed by atoms with Crippen LogP contribution < -0.4 is 4.74 Å². The maximum atomic E-state index is 12.3. The molecule has 3 atom stereocenters. The lowest BCUT2D eigenvalue weighted by molar-refractivity contribution is 0.0729. The number of ether oxygens (including phenoxy) is 2. The van der Waals surface area contributed by atoms with Gasteiger partial charge in [0.1, 0.15) is 11.5 Å². The number of hydrogen-bond donors (Lipinski definition) is 1.